The SMILES string of the molecule is CC(C)CN1C(=O)C(c2cccs2)=C(N(C)CCO)C1=O. The minimum atomic E-state index is -0.270. The van der Waals surface area contributed by atoms with Crippen molar-refractivity contribution in [2.45, 2.75) is 13.8 Å². The standard InChI is InChI=1S/C15H20N2O3S/c1-10(2)9-17-14(19)12(11-5-4-8-21-11)13(15(17)20)16(3)6-7-18/h4-5,8,10,18H,6-7,9H2,1-3H3. The lowest BCUT2D eigenvalue weighted by Crippen LogP contribution is -2.37. The first kappa shape index (κ1) is 15.7. The van der Waals surface area contributed by atoms with E-state index in [4.69, 9.17) is 5.11 Å². The number of rotatable bonds is 6. The first-order chi connectivity index (χ1) is 9.97. The van der Waals surface area contributed by atoms with Crippen LogP contribution >= 0.6 is 11.3 Å². The number of hydrogen-bond acceptors (Lipinski definition) is 5. The number of likely N-dealkylation sites (N-methyl/N-ethyl adjacent to an activating group) is 1. The number of amides is 2. The fraction of sp³-hybridized carbons (Fsp3) is 0.467. The molecule has 2 amide bonds. The molecule has 1 aliphatic rings. The molecule has 1 N–H and O–H groups in total. The van der Waals surface area contributed by atoms with Crippen LogP contribution < -0.4 is 0 Å². The fourth-order valence-corrected chi connectivity index (χ4v) is 3.12. The van der Waals surface area contributed by atoms with Crippen molar-refractivity contribution in [2.24, 2.45) is 5.92 Å². The van der Waals surface area contributed by atoms with Crippen LogP contribution in [0.4, 0.5) is 0 Å². The Morgan fingerprint density at radius 1 is 1.33 bits per heavy atom. The summed E-state index contributed by atoms with van der Waals surface area (Å²) >= 11 is 1.44. The normalized spacial score (nSPS) is 15.6. The fourth-order valence-electron chi connectivity index (χ4n) is 2.35. The molecule has 0 fully saturated rings. The van der Waals surface area contributed by atoms with Gasteiger partial charge < -0.3 is 10.0 Å². The molecule has 21 heavy (non-hydrogen) atoms. The molecular formula is C15H20N2O3S. The van der Waals surface area contributed by atoms with E-state index in [1.807, 2.05) is 31.4 Å². The van der Waals surface area contributed by atoms with Gasteiger partial charge in [-0.2, -0.15) is 0 Å². The number of carbonyl (C=O) groups excluding carboxylic acids is 2. The Bertz CT molecular complexity index is 563. The summed E-state index contributed by atoms with van der Waals surface area (Å²) in [5.41, 5.74) is 0.837. The Hall–Kier alpha value is -1.66. The number of aliphatic hydroxyl groups excluding tert-OH is 1. The number of carbonyl (C=O) groups is 2. The van der Waals surface area contributed by atoms with Gasteiger partial charge in [-0.3, -0.25) is 14.5 Å². The van der Waals surface area contributed by atoms with E-state index in [-0.39, 0.29) is 24.3 Å². The van der Waals surface area contributed by atoms with Gasteiger partial charge in [-0.25, -0.2) is 0 Å². The van der Waals surface area contributed by atoms with Crippen LogP contribution in [-0.4, -0.2) is 53.5 Å². The molecule has 6 heteroatoms. The Morgan fingerprint density at radius 2 is 2.05 bits per heavy atom. The molecule has 0 atom stereocenters. The third-order valence-electron chi connectivity index (χ3n) is 3.28. The molecule has 1 aromatic heterocycles. The van der Waals surface area contributed by atoms with Crippen LogP contribution in [-0.2, 0) is 9.59 Å². The van der Waals surface area contributed by atoms with Crippen molar-refractivity contribution in [3.05, 3.63) is 28.1 Å². The summed E-state index contributed by atoms with van der Waals surface area (Å²) in [6.45, 7) is 4.60. The van der Waals surface area contributed by atoms with Gasteiger partial charge in [0.05, 0.1) is 12.2 Å². The van der Waals surface area contributed by atoms with E-state index in [9.17, 15) is 9.59 Å². The van der Waals surface area contributed by atoms with Crippen molar-refractivity contribution in [1.29, 1.82) is 0 Å². The van der Waals surface area contributed by atoms with E-state index in [1.165, 1.54) is 16.2 Å². The molecule has 0 unspecified atom stereocenters. The second-order valence-corrected chi connectivity index (χ2v) is 6.41. The molecule has 1 aliphatic heterocycles. The average molecular weight is 308 g/mol. The highest BCUT2D eigenvalue weighted by atomic mass is 32.1. The van der Waals surface area contributed by atoms with Crippen LogP contribution in [0.5, 0.6) is 0 Å². The Kier molecular flexibility index (Phi) is 4.80. The van der Waals surface area contributed by atoms with E-state index >= 15 is 0 Å². The topological polar surface area (TPSA) is 60.9 Å². The summed E-state index contributed by atoms with van der Waals surface area (Å²) in [5, 5.41) is 11.0. The largest absolute Gasteiger partial charge is 0.395 e. The van der Waals surface area contributed by atoms with Crippen LogP contribution in [0.25, 0.3) is 5.57 Å². The maximum Gasteiger partial charge on any atom is 0.277 e. The maximum atomic E-state index is 12.6. The zero-order valence-corrected chi connectivity index (χ0v) is 13.3. The Balaban J connectivity index is 2.45. The van der Waals surface area contributed by atoms with Crippen molar-refractivity contribution in [1.82, 2.24) is 9.80 Å². The van der Waals surface area contributed by atoms with Gasteiger partial charge >= 0.3 is 0 Å². The van der Waals surface area contributed by atoms with Gasteiger partial charge in [-0.15, -0.1) is 11.3 Å². The number of imide groups is 1. The summed E-state index contributed by atoms with van der Waals surface area (Å²) in [4.78, 5) is 29.0. The van der Waals surface area contributed by atoms with Gasteiger partial charge in [0.1, 0.15) is 5.70 Å². The third kappa shape index (κ3) is 3.01. The molecule has 0 aromatic carbocycles. The van der Waals surface area contributed by atoms with Crippen molar-refractivity contribution in [3.63, 3.8) is 0 Å². The molecule has 0 bridgehead atoms. The first-order valence-electron chi connectivity index (χ1n) is 6.93. The van der Waals surface area contributed by atoms with Crippen LogP contribution in [0.3, 0.4) is 0 Å². The molecule has 0 aliphatic carbocycles. The van der Waals surface area contributed by atoms with Gasteiger partial charge in [0.2, 0.25) is 0 Å². The van der Waals surface area contributed by atoms with E-state index < -0.39 is 0 Å². The second-order valence-electron chi connectivity index (χ2n) is 5.46. The predicted octanol–water partition coefficient (Wildman–Crippen LogP) is 1.41. The molecule has 0 saturated heterocycles. The third-order valence-corrected chi connectivity index (χ3v) is 4.16. The van der Waals surface area contributed by atoms with Crippen LogP contribution in [0.15, 0.2) is 23.2 Å². The highest BCUT2D eigenvalue weighted by molar-refractivity contribution is 7.11. The molecule has 0 saturated carbocycles. The van der Waals surface area contributed by atoms with Crippen LogP contribution in [0, 0.1) is 5.92 Å². The van der Waals surface area contributed by atoms with Gasteiger partial charge in [-0.1, -0.05) is 19.9 Å². The number of nitrogens with zero attached hydrogens (tertiary/aromatic N) is 2. The summed E-state index contributed by atoms with van der Waals surface area (Å²) < 4.78 is 0. The minimum absolute atomic E-state index is 0.0661. The predicted molar refractivity (Wildman–Crippen MR) is 82.5 cm³/mol. The molecule has 1 aromatic rings. The highest BCUT2D eigenvalue weighted by Crippen LogP contribution is 2.33. The summed E-state index contributed by atoms with van der Waals surface area (Å²) in [7, 11) is 1.73. The van der Waals surface area contributed by atoms with Gasteiger partial charge in [-0.05, 0) is 17.4 Å². The average Bonchev–Trinajstić information content (AvgIpc) is 3.00. The lowest BCUT2D eigenvalue weighted by molar-refractivity contribution is -0.138. The molecule has 0 spiro atoms. The number of thiophene rings is 1. The summed E-state index contributed by atoms with van der Waals surface area (Å²) in [6, 6.07) is 3.70. The minimum Gasteiger partial charge on any atom is -0.395 e. The van der Waals surface area contributed by atoms with Crippen molar-refractivity contribution < 1.29 is 14.7 Å². The summed E-state index contributed by atoms with van der Waals surface area (Å²) in [5.74, 6) is -0.297. The zero-order chi connectivity index (χ0) is 15.6. The van der Waals surface area contributed by atoms with E-state index in [1.54, 1.807) is 11.9 Å². The van der Waals surface area contributed by atoms with E-state index in [0.717, 1.165) is 4.88 Å². The smallest absolute Gasteiger partial charge is 0.277 e. The summed E-state index contributed by atoms with van der Waals surface area (Å²) in [6.07, 6.45) is 0. The van der Waals surface area contributed by atoms with Crippen molar-refractivity contribution in [3.8, 4) is 0 Å². The second kappa shape index (κ2) is 6.41. The molecule has 2 rings (SSSR count). The van der Waals surface area contributed by atoms with Gasteiger partial charge in [0, 0.05) is 25.0 Å². The van der Waals surface area contributed by atoms with E-state index in [0.29, 0.717) is 24.4 Å². The van der Waals surface area contributed by atoms with Crippen molar-refractivity contribution in [2.75, 3.05) is 26.7 Å². The number of aliphatic hydroxyl groups is 1. The molecule has 0 radical (unpaired) electrons. The maximum absolute atomic E-state index is 12.6. The lowest BCUT2D eigenvalue weighted by atomic mass is 10.1. The quantitative estimate of drug-likeness (QED) is 0.807. The first-order valence-corrected chi connectivity index (χ1v) is 7.81. The molecular weight excluding hydrogens is 288 g/mol. The van der Waals surface area contributed by atoms with Gasteiger partial charge in [0.25, 0.3) is 11.8 Å². The molecule has 2 heterocycles. The van der Waals surface area contributed by atoms with E-state index in [2.05, 4.69) is 0 Å². The van der Waals surface area contributed by atoms with Crippen LogP contribution in [0.1, 0.15) is 18.7 Å². The highest BCUT2D eigenvalue weighted by Gasteiger charge is 2.41. The monoisotopic (exact) mass is 308 g/mol. The Labute approximate surface area is 128 Å². The Morgan fingerprint density at radius 3 is 2.57 bits per heavy atom. The van der Waals surface area contributed by atoms with Crippen molar-refractivity contribution >= 4 is 28.7 Å². The lowest BCUT2D eigenvalue weighted by Gasteiger charge is -2.21. The molecule has 5 nitrogen and oxygen atoms in total. The van der Waals surface area contributed by atoms with Crippen LogP contribution in [0.2, 0.25) is 0 Å². The zero-order valence-electron chi connectivity index (χ0n) is 12.5. The van der Waals surface area contributed by atoms with Gasteiger partial charge in [0.15, 0.2) is 0 Å². The molecule has 114 valence electrons. The number of hydrogen-bond donors (Lipinski definition) is 1.